The Labute approximate surface area is 145 Å². The van der Waals surface area contributed by atoms with Crippen molar-refractivity contribution >= 4 is 0 Å². The van der Waals surface area contributed by atoms with Crippen LogP contribution >= 0.6 is 0 Å². The van der Waals surface area contributed by atoms with Gasteiger partial charge in [-0.2, -0.15) is 0 Å². The normalized spacial score (nSPS) is 16.3. The first-order valence-corrected chi connectivity index (χ1v) is 8.98. The summed E-state index contributed by atoms with van der Waals surface area (Å²) in [6, 6.07) is 0.607. The first-order chi connectivity index (χ1) is 10.6. The van der Waals surface area contributed by atoms with Gasteiger partial charge in [-0.25, -0.2) is 0 Å². The van der Waals surface area contributed by atoms with Crippen LogP contribution in [0, 0.1) is 11.3 Å². The lowest BCUT2D eigenvalue weighted by Crippen LogP contribution is -2.30. The van der Waals surface area contributed by atoms with Gasteiger partial charge in [-0.3, -0.25) is 0 Å². The van der Waals surface area contributed by atoms with Crippen molar-refractivity contribution in [2.75, 3.05) is 13.6 Å². The van der Waals surface area contributed by atoms with Crippen LogP contribution in [-0.2, 0) is 0 Å². The van der Waals surface area contributed by atoms with Crippen LogP contribution in [0.3, 0.4) is 0 Å². The van der Waals surface area contributed by atoms with Crippen LogP contribution in [0.5, 0.6) is 0 Å². The van der Waals surface area contributed by atoms with Gasteiger partial charge in [0.15, 0.2) is 0 Å². The van der Waals surface area contributed by atoms with Crippen LogP contribution in [0.1, 0.15) is 61.8 Å². The third kappa shape index (κ3) is 11.1. The minimum Gasteiger partial charge on any atom is -0.304 e. The Balaban J connectivity index is 5.02. The van der Waals surface area contributed by atoms with Gasteiger partial charge < -0.3 is 4.90 Å². The van der Waals surface area contributed by atoms with Gasteiger partial charge in [0.05, 0.1) is 0 Å². The van der Waals surface area contributed by atoms with Gasteiger partial charge >= 0.3 is 0 Å². The minimum absolute atomic E-state index is 0.212. The molecule has 0 saturated carbocycles. The molecule has 1 nitrogen and oxygen atoms in total. The SMILES string of the molecule is C\C=C/C(/C=C/C(C)(C)C)=C\C(=C/C)CC(C)CN(C)C(C)C. The van der Waals surface area contributed by atoms with Gasteiger partial charge in [-0.05, 0) is 58.1 Å². The molecule has 0 aliphatic carbocycles. The van der Waals surface area contributed by atoms with E-state index in [-0.39, 0.29) is 5.41 Å². The van der Waals surface area contributed by atoms with E-state index in [0.29, 0.717) is 12.0 Å². The summed E-state index contributed by atoms with van der Waals surface area (Å²) in [6.45, 7) is 18.9. The number of rotatable bonds is 8. The molecule has 23 heavy (non-hydrogen) atoms. The van der Waals surface area contributed by atoms with Crippen LogP contribution in [0.4, 0.5) is 0 Å². The Kier molecular flexibility index (Phi) is 10.1. The van der Waals surface area contributed by atoms with E-state index in [0.717, 1.165) is 13.0 Å². The Bertz CT molecular complexity index is 441. The molecule has 0 rings (SSSR count). The summed E-state index contributed by atoms with van der Waals surface area (Å²) >= 11 is 0. The van der Waals surface area contributed by atoms with Gasteiger partial charge in [0, 0.05) is 12.6 Å². The summed E-state index contributed by atoms with van der Waals surface area (Å²) in [6.07, 6.45) is 14.5. The molecule has 0 bridgehead atoms. The molecule has 0 aromatic heterocycles. The van der Waals surface area contributed by atoms with E-state index in [1.807, 2.05) is 0 Å². The highest BCUT2D eigenvalue weighted by Gasteiger charge is 2.10. The zero-order chi connectivity index (χ0) is 18.0. The Morgan fingerprint density at radius 2 is 1.65 bits per heavy atom. The van der Waals surface area contributed by atoms with E-state index in [1.54, 1.807) is 0 Å². The lowest BCUT2D eigenvalue weighted by Gasteiger charge is -2.25. The lowest BCUT2D eigenvalue weighted by atomic mass is 9.94. The topological polar surface area (TPSA) is 3.24 Å². The molecular weight excluding hydrogens is 278 g/mol. The van der Waals surface area contributed by atoms with Gasteiger partial charge in [-0.15, -0.1) is 0 Å². The summed E-state index contributed by atoms with van der Waals surface area (Å²) < 4.78 is 0. The lowest BCUT2D eigenvalue weighted by molar-refractivity contribution is 0.237. The van der Waals surface area contributed by atoms with Crippen molar-refractivity contribution < 1.29 is 0 Å². The van der Waals surface area contributed by atoms with Crippen LogP contribution in [0.15, 0.2) is 47.6 Å². The van der Waals surface area contributed by atoms with E-state index in [1.165, 1.54) is 11.1 Å². The Hall–Kier alpha value is -1.08. The standard InChI is InChI=1S/C22H39N/c1-10-12-21(13-14-22(6,7)8)16-20(11-2)15-19(5)17-23(9)18(3)4/h10-14,16,18-19H,15,17H2,1-9H3/b12-10-,14-13+,20-11-,21-16+. The molecule has 1 heteroatoms. The molecule has 1 unspecified atom stereocenters. The maximum absolute atomic E-state index is 2.42. The maximum atomic E-state index is 2.42. The molecule has 0 aromatic carbocycles. The molecule has 0 aromatic rings. The number of allylic oxidation sites excluding steroid dienone is 8. The molecule has 0 saturated heterocycles. The number of nitrogens with zero attached hydrogens (tertiary/aromatic N) is 1. The molecular formula is C22H39N. The second-order valence-electron chi connectivity index (χ2n) is 8.05. The van der Waals surface area contributed by atoms with E-state index in [4.69, 9.17) is 0 Å². The second kappa shape index (κ2) is 10.6. The van der Waals surface area contributed by atoms with Crippen LogP contribution in [0.25, 0.3) is 0 Å². The van der Waals surface area contributed by atoms with Crippen LogP contribution in [-0.4, -0.2) is 24.5 Å². The van der Waals surface area contributed by atoms with E-state index >= 15 is 0 Å². The fraction of sp³-hybridized carbons (Fsp3) is 0.636. The quantitative estimate of drug-likeness (QED) is 0.468. The first-order valence-electron chi connectivity index (χ1n) is 8.98. The molecule has 1 atom stereocenters. The average molecular weight is 318 g/mol. The molecule has 0 fully saturated rings. The van der Waals surface area contributed by atoms with Crippen molar-refractivity contribution in [2.45, 2.75) is 67.9 Å². The van der Waals surface area contributed by atoms with Crippen molar-refractivity contribution in [3.63, 3.8) is 0 Å². The average Bonchev–Trinajstić information content (AvgIpc) is 2.42. The largest absolute Gasteiger partial charge is 0.304 e. The minimum atomic E-state index is 0.212. The Morgan fingerprint density at radius 1 is 1.04 bits per heavy atom. The molecule has 0 N–H and O–H groups in total. The van der Waals surface area contributed by atoms with E-state index in [2.05, 4.69) is 104 Å². The van der Waals surface area contributed by atoms with E-state index in [9.17, 15) is 0 Å². The molecule has 0 heterocycles. The van der Waals surface area contributed by atoms with Crippen molar-refractivity contribution in [3.05, 3.63) is 47.6 Å². The van der Waals surface area contributed by atoms with Gasteiger partial charge in [0.2, 0.25) is 0 Å². The van der Waals surface area contributed by atoms with Crippen LogP contribution < -0.4 is 0 Å². The van der Waals surface area contributed by atoms with E-state index < -0.39 is 0 Å². The maximum Gasteiger partial charge on any atom is 0.00356 e. The third-order valence-electron chi connectivity index (χ3n) is 3.92. The highest BCUT2D eigenvalue weighted by atomic mass is 15.1. The van der Waals surface area contributed by atoms with Crippen molar-refractivity contribution in [3.8, 4) is 0 Å². The zero-order valence-corrected chi connectivity index (χ0v) is 17.0. The van der Waals surface area contributed by atoms with Crippen molar-refractivity contribution in [1.29, 1.82) is 0 Å². The zero-order valence-electron chi connectivity index (χ0n) is 17.0. The molecule has 132 valence electrons. The third-order valence-corrected chi connectivity index (χ3v) is 3.92. The summed E-state index contributed by atoms with van der Waals surface area (Å²) in [5.74, 6) is 0.656. The molecule has 0 aliphatic heterocycles. The predicted octanol–water partition coefficient (Wildman–Crippen LogP) is 6.40. The number of hydrogen-bond acceptors (Lipinski definition) is 1. The summed E-state index contributed by atoms with van der Waals surface area (Å²) in [5, 5.41) is 0. The summed E-state index contributed by atoms with van der Waals surface area (Å²) in [5.41, 5.74) is 2.91. The first kappa shape index (κ1) is 21.9. The monoisotopic (exact) mass is 317 g/mol. The Morgan fingerprint density at radius 3 is 2.09 bits per heavy atom. The highest BCUT2D eigenvalue weighted by molar-refractivity contribution is 5.38. The molecule has 0 amide bonds. The summed E-state index contributed by atoms with van der Waals surface area (Å²) in [7, 11) is 2.21. The summed E-state index contributed by atoms with van der Waals surface area (Å²) in [4.78, 5) is 2.42. The smallest absolute Gasteiger partial charge is 0.00356 e. The van der Waals surface area contributed by atoms with Crippen LogP contribution in [0.2, 0.25) is 0 Å². The fourth-order valence-corrected chi connectivity index (χ4v) is 2.33. The molecule has 0 aliphatic rings. The molecule has 0 radical (unpaired) electrons. The molecule has 0 spiro atoms. The predicted molar refractivity (Wildman–Crippen MR) is 107 cm³/mol. The van der Waals surface area contributed by atoms with Gasteiger partial charge in [0.1, 0.15) is 0 Å². The van der Waals surface area contributed by atoms with Gasteiger partial charge in [0.25, 0.3) is 0 Å². The van der Waals surface area contributed by atoms with Crippen molar-refractivity contribution in [1.82, 2.24) is 4.90 Å². The second-order valence-corrected chi connectivity index (χ2v) is 8.05. The highest BCUT2D eigenvalue weighted by Crippen LogP contribution is 2.20. The number of hydrogen-bond donors (Lipinski definition) is 0. The fourth-order valence-electron chi connectivity index (χ4n) is 2.33. The van der Waals surface area contributed by atoms with Gasteiger partial charge in [-0.1, -0.05) is 69.7 Å². The van der Waals surface area contributed by atoms with Crippen molar-refractivity contribution in [2.24, 2.45) is 11.3 Å².